The molecule has 1 aromatic heterocycles. The molecule has 1 aromatic rings. The van der Waals surface area contributed by atoms with Crippen molar-refractivity contribution in [3.8, 4) is 0 Å². The summed E-state index contributed by atoms with van der Waals surface area (Å²) < 4.78 is 24.0. The predicted molar refractivity (Wildman–Crippen MR) is 64.5 cm³/mol. The van der Waals surface area contributed by atoms with Crippen LogP contribution in [0.4, 0.5) is 0 Å². The molecule has 2 rings (SSSR count). The molecule has 18 heavy (non-hydrogen) atoms. The van der Waals surface area contributed by atoms with E-state index >= 15 is 0 Å². The number of amides is 1. The van der Waals surface area contributed by atoms with E-state index < -0.39 is 15.9 Å². The Labute approximate surface area is 106 Å². The fourth-order valence-electron chi connectivity index (χ4n) is 1.96. The molecular formula is C10H16N4O3S. The van der Waals surface area contributed by atoms with Gasteiger partial charge in [-0.15, -0.1) is 0 Å². The number of sulfone groups is 1. The van der Waals surface area contributed by atoms with E-state index in [0.29, 0.717) is 13.0 Å². The Kier molecular flexibility index (Phi) is 3.65. The smallest absolute Gasteiger partial charge is 0.244 e. The van der Waals surface area contributed by atoms with Gasteiger partial charge in [-0.3, -0.25) is 4.79 Å². The molecule has 1 amide bonds. The molecule has 0 bridgehead atoms. The van der Waals surface area contributed by atoms with Crippen molar-refractivity contribution >= 4 is 15.7 Å². The minimum Gasteiger partial charge on any atom is -0.354 e. The van der Waals surface area contributed by atoms with Gasteiger partial charge in [0, 0.05) is 6.54 Å². The largest absolute Gasteiger partial charge is 0.354 e. The lowest BCUT2D eigenvalue weighted by Crippen LogP contribution is -2.35. The summed E-state index contributed by atoms with van der Waals surface area (Å²) in [4.78, 5) is 15.6. The monoisotopic (exact) mass is 272 g/mol. The van der Waals surface area contributed by atoms with Gasteiger partial charge in [0.15, 0.2) is 9.84 Å². The Bertz CT molecular complexity index is 511. The molecule has 2 heterocycles. The summed E-state index contributed by atoms with van der Waals surface area (Å²) in [5.41, 5.74) is 0. The predicted octanol–water partition coefficient (Wildman–Crippen LogP) is -0.610. The summed E-state index contributed by atoms with van der Waals surface area (Å²) >= 11 is 0. The zero-order chi connectivity index (χ0) is 13.2. The van der Waals surface area contributed by atoms with E-state index in [1.807, 2.05) is 0 Å². The minimum atomic E-state index is -2.89. The fourth-order valence-corrected chi connectivity index (χ4v) is 3.83. The van der Waals surface area contributed by atoms with Gasteiger partial charge in [-0.1, -0.05) is 0 Å². The second-order valence-corrected chi connectivity index (χ2v) is 6.79. The molecule has 8 heteroatoms. The van der Waals surface area contributed by atoms with Gasteiger partial charge in [-0.05, 0) is 19.3 Å². The third kappa shape index (κ3) is 3.06. The van der Waals surface area contributed by atoms with Crippen LogP contribution in [-0.4, -0.2) is 47.1 Å². The van der Waals surface area contributed by atoms with Crippen LogP contribution in [-0.2, 0) is 14.6 Å². The van der Waals surface area contributed by atoms with Gasteiger partial charge in [0.25, 0.3) is 0 Å². The van der Waals surface area contributed by atoms with Crippen molar-refractivity contribution < 1.29 is 13.2 Å². The average molecular weight is 272 g/mol. The van der Waals surface area contributed by atoms with Gasteiger partial charge in [-0.2, -0.15) is 5.10 Å². The highest BCUT2D eigenvalue weighted by molar-refractivity contribution is 7.91. The van der Waals surface area contributed by atoms with Crippen LogP contribution in [0.1, 0.15) is 19.4 Å². The molecule has 0 unspecified atom stereocenters. The lowest BCUT2D eigenvalue weighted by atomic mass is 10.1. The summed E-state index contributed by atoms with van der Waals surface area (Å²) in [5, 5.41) is 6.65. The van der Waals surface area contributed by atoms with E-state index in [0.717, 1.165) is 0 Å². The summed E-state index contributed by atoms with van der Waals surface area (Å²) in [7, 11) is -2.89. The summed E-state index contributed by atoms with van der Waals surface area (Å²) in [6.45, 7) is 2.12. The van der Waals surface area contributed by atoms with Crippen LogP contribution in [0, 0.1) is 5.92 Å². The molecule has 1 aliphatic rings. The Hall–Kier alpha value is -1.44. The molecule has 0 saturated carbocycles. The maximum atomic E-state index is 11.8. The van der Waals surface area contributed by atoms with Crippen LogP contribution in [0.3, 0.4) is 0 Å². The highest BCUT2D eigenvalue weighted by Gasteiger charge is 2.28. The molecular weight excluding hydrogens is 256 g/mol. The number of hydrogen-bond acceptors (Lipinski definition) is 5. The Morgan fingerprint density at radius 2 is 2.39 bits per heavy atom. The lowest BCUT2D eigenvalue weighted by molar-refractivity contribution is -0.124. The average Bonchev–Trinajstić information content (AvgIpc) is 2.94. The molecule has 2 atom stereocenters. The van der Waals surface area contributed by atoms with Crippen LogP contribution < -0.4 is 5.32 Å². The van der Waals surface area contributed by atoms with E-state index in [4.69, 9.17) is 0 Å². The Balaban J connectivity index is 1.82. The third-order valence-corrected chi connectivity index (χ3v) is 4.94. The van der Waals surface area contributed by atoms with Crippen molar-refractivity contribution in [1.82, 2.24) is 20.1 Å². The molecule has 100 valence electrons. The van der Waals surface area contributed by atoms with E-state index in [-0.39, 0.29) is 23.3 Å². The first-order valence-electron chi connectivity index (χ1n) is 5.80. The second kappa shape index (κ2) is 5.05. The second-order valence-electron chi connectivity index (χ2n) is 4.57. The normalized spacial score (nSPS) is 23.7. The van der Waals surface area contributed by atoms with Crippen molar-refractivity contribution in [2.45, 2.75) is 19.4 Å². The number of carbonyl (C=O) groups is 1. The summed E-state index contributed by atoms with van der Waals surface area (Å²) in [5.74, 6) is 0.253. The maximum absolute atomic E-state index is 11.8. The zero-order valence-corrected chi connectivity index (χ0v) is 10.9. The van der Waals surface area contributed by atoms with Gasteiger partial charge in [0.05, 0.1) is 11.5 Å². The zero-order valence-electron chi connectivity index (χ0n) is 10.1. The number of rotatable bonds is 4. The van der Waals surface area contributed by atoms with Gasteiger partial charge >= 0.3 is 0 Å². The first-order valence-corrected chi connectivity index (χ1v) is 7.62. The number of carbonyl (C=O) groups excluding carboxylic acids is 1. The molecule has 1 N–H and O–H groups in total. The van der Waals surface area contributed by atoms with Crippen LogP contribution in [0.5, 0.6) is 0 Å². The number of hydrogen-bond donors (Lipinski definition) is 1. The van der Waals surface area contributed by atoms with Crippen molar-refractivity contribution in [3.63, 3.8) is 0 Å². The van der Waals surface area contributed by atoms with Crippen LogP contribution in [0.15, 0.2) is 12.7 Å². The highest BCUT2D eigenvalue weighted by Crippen LogP contribution is 2.17. The van der Waals surface area contributed by atoms with Crippen molar-refractivity contribution in [3.05, 3.63) is 12.7 Å². The molecule has 0 radical (unpaired) electrons. The van der Waals surface area contributed by atoms with Crippen molar-refractivity contribution in [2.75, 3.05) is 18.1 Å². The van der Waals surface area contributed by atoms with Gasteiger partial charge < -0.3 is 5.32 Å². The summed E-state index contributed by atoms with van der Waals surface area (Å²) in [6.07, 6.45) is 3.47. The third-order valence-electron chi connectivity index (χ3n) is 3.10. The highest BCUT2D eigenvalue weighted by atomic mass is 32.2. The maximum Gasteiger partial charge on any atom is 0.244 e. The molecule has 0 aliphatic carbocycles. The quantitative estimate of drug-likeness (QED) is 0.789. The fraction of sp³-hybridized carbons (Fsp3) is 0.700. The number of aromatic nitrogens is 3. The van der Waals surface area contributed by atoms with Gasteiger partial charge in [0.1, 0.15) is 18.7 Å². The van der Waals surface area contributed by atoms with E-state index in [1.54, 1.807) is 6.92 Å². The molecule has 1 aliphatic heterocycles. The van der Waals surface area contributed by atoms with E-state index in [2.05, 4.69) is 15.4 Å². The number of nitrogens with one attached hydrogen (secondary N) is 1. The topological polar surface area (TPSA) is 94.0 Å². The molecule has 7 nitrogen and oxygen atoms in total. The van der Waals surface area contributed by atoms with Crippen LogP contribution in [0.25, 0.3) is 0 Å². The van der Waals surface area contributed by atoms with Crippen molar-refractivity contribution in [2.24, 2.45) is 5.92 Å². The SMILES string of the molecule is C[C@@H](C(=O)NC[C@@H]1CCS(=O)(=O)C1)n1cncn1. The van der Waals surface area contributed by atoms with E-state index in [1.165, 1.54) is 17.3 Å². The van der Waals surface area contributed by atoms with Crippen LogP contribution >= 0.6 is 0 Å². The standard InChI is InChI=1S/C10H16N4O3S/c1-8(14-7-11-6-13-14)10(15)12-4-9-2-3-18(16,17)5-9/h6-9H,2-5H2,1H3,(H,12,15)/t8-,9-/m0/s1. The molecule has 1 saturated heterocycles. The van der Waals surface area contributed by atoms with Gasteiger partial charge in [0.2, 0.25) is 5.91 Å². The Morgan fingerprint density at radius 1 is 1.61 bits per heavy atom. The number of nitrogens with zero attached hydrogens (tertiary/aromatic N) is 3. The first-order chi connectivity index (χ1) is 8.48. The van der Waals surface area contributed by atoms with E-state index in [9.17, 15) is 13.2 Å². The minimum absolute atomic E-state index is 0.0295. The first kappa shape index (κ1) is 13.0. The van der Waals surface area contributed by atoms with Crippen molar-refractivity contribution in [1.29, 1.82) is 0 Å². The van der Waals surface area contributed by atoms with Gasteiger partial charge in [-0.25, -0.2) is 18.1 Å². The molecule has 0 aromatic carbocycles. The Morgan fingerprint density at radius 3 is 2.94 bits per heavy atom. The van der Waals surface area contributed by atoms with Crippen LogP contribution in [0.2, 0.25) is 0 Å². The molecule has 0 spiro atoms. The summed E-state index contributed by atoms with van der Waals surface area (Å²) in [6, 6.07) is -0.439. The lowest BCUT2D eigenvalue weighted by Gasteiger charge is -2.14. The molecule has 1 fully saturated rings.